The van der Waals surface area contributed by atoms with Crippen molar-refractivity contribution in [2.24, 2.45) is 11.8 Å². The maximum Gasteiger partial charge on any atom is 0.120 e. The number of hydrogen-bond acceptors (Lipinski definition) is 3. The van der Waals surface area contributed by atoms with Crippen LogP contribution in [0.3, 0.4) is 0 Å². The first kappa shape index (κ1) is 9.49. The molecule has 3 heteroatoms. The number of nitrogens with one attached hydrogen (secondary N) is 1. The van der Waals surface area contributed by atoms with Crippen LogP contribution in [0.2, 0.25) is 0 Å². The lowest BCUT2D eigenvalue weighted by Crippen LogP contribution is -2.57. The smallest absolute Gasteiger partial charge is 0.120 e. The minimum Gasteiger partial charge on any atom is -0.360 e. The summed E-state index contributed by atoms with van der Waals surface area (Å²) in [7, 11) is 0. The zero-order valence-electron chi connectivity index (χ0n) is 8.63. The molecule has 1 unspecified atom stereocenters. The van der Waals surface area contributed by atoms with Crippen molar-refractivity contribution in [2.45, 2.75) is 31.4 Å². The Kier molecular flexibility index (Phi) is 2.50. The normalized spacial score (nSPS) is 37.3. The fraction of sp³-hybridized carbons (Fsp3) is 1.00. The lowest BCUT2D eigenvalue weighted by molar-refractivity contribution is -0.123. The Hall–Kier alpha value is 0.270. The Morgan fingerprint density at radius 2 is 1.93 bits per heavy atom. The molecule has 0 aromatic carbocycles. The molecule has 3 aliphatic rings. The van der Waals surface area contributed by atoms with Gasteiger partial charge in [-0.3, -0.25) is 5.32 Å². The van der Waals surface area contributed by atoms with E-state index < -0.39 is 0 Å². The summed E-state index contributed by atoms with van der Waals surface area (Å²) in [6.07, 6.45) is 5.29. The van der Waals surface area contributed by atoms with Gasteiger partial charge in [-0.15, -0.1) is 0 Å². The highest BCUT2D eigenvalue weighted by Crippen LogP contribution is 2.40. The maximum atomic E-state index is 6.10. The van der Waals surface area contributed by atoms with Crippen LogP contribution in [0, 0.1) is 11.8 Å². The molecule has 1 atom stereocenters. The molecule has 0 aromatic heterocycles. The van der Waals surface area contributed by atoms with E-state index in [4.69, 9.17) is 4.74 Å². The average Bonchev–Trinajstić information content (AvgIpc) is 3.04. The summed E-state index contributed by atoms with van der Waals surface area (Å²) in [5, 5.41) is 3.67. The van der Waals surface area contributed by atoms with Gasteiger partial charge in [0.25, 0.3) is 0 Å². The molecule has 1 N–H and O–H groups in total. The average molecular weight is 213 g/mol. The van der Waals surface area contributed by atoms with Gasteiger partial charge in [-0.05, 0) is 49.0 Å². The van der Waals surface area contributed by atoms with Gasteiger partial charge in [0.15, 0.2) is 0 Å². The van der Waals surface area contributed by atoms with Gasteiger partial charge in [0.2, 0.25) is 0 Å². The molecule has 2 heterocycles. The van der Waals surface area contributed by atoms with E-state index in [1.807, 2.05) is 0 Å². The summed E-state index contributed by atoms with van der Waals surface area (Å²) in [6, 6.07) is 0. The van der Waals surface area contributed by atoms with Crippen LogP contribution in [0.25, 0.3) is 0 Å². The van der Waals surface area contributed by atoms with Crippen molar-refractivity contribution in [3.8, 4) is 0 Å². The number of hydrogen-bond donors (Lipinski definition) is 1. The highest BCUT2D eigenvalue weighted by molar-refractivity contribution is 7.99. The van der Waals surface area contributed by atoms with Gasteiger partial charge < -0.3 is 4.74 Å². The van der Waals surface area contributed by atoms with Gasteiger partial charge in [0.05, 0.1) is 6.61 Å². The van der Waals surface area contributed by atoms with Crippen LogP contribution in [-0.4, -0.2) is 30.4 Å². The van der Waals surface area contributed by atoms with Crippen molar-refractivity contribution >= 4 is 11.8 Å². The van der Waals surface area contributed by atoms with Crippen molar-refractivity contribution in [2.75, 3.05) is 24.7 Å². The molecule has 0 amide bonds. The Labute approximate surface area is 90.2 Å². The summed E-state index contributed by atoms with van der Waals surface area (Å²) in [5.74, 6) is 4.33. The summed E-state index contributed by atoms with van der Waals surface area (Å²) in [5.41, 5.74) is 0.0800. The third kappa shape index (κ3) is 1.82. The Morgan fingerprint density at radius 1 is 1.14 bits per heavy atom. The lowest BCUT2D eigenvalue weighted by atomic mass is 9.98. The van der Waals surface area contributed by atoms with Crippen molar-refractivity contribution in [3.63, 3.8) is 0 Å². The topological polar surface area (TPSA) is 21.3 Å². The predicted octanol–water partition coefficient (Wildman–Crippen LogP) is 1.86. The van der Waals surface area contributed by atoms with Crippen molar-refractivity contribution < 1.29 is 4.74 Å². The quantitative estimate of drug-likeness (QED) is 0.718. The summed E-state index contributed by atoms with van der Waals surface area (Å²) in [6.45, 7) is 2.22. The van der Waals surface area contributed by atoms with E-state index in [0.717, 1.165) is 18.4 Å². The molecular weight excluding hydrogens is 194 g/mol. The molecular formula is C11H19NOS. The third-order valence-corrected chi connectivity index (χ3v) is 4.83. The second kappa shape index (κ2) is 3.69. The number of ether oxygens (including phenoxy) is 1. The first-order valence-corrected chi connectivity index (χ1v) is 7.00. The van der Waals surface area contributed by atoms with Gasteiger partial charge >= 0.3 is 0 Å². The van der Waals surface area contributed by atoms with E-state index >= 15 is 0 Å². The number of rotatable bonds is 1. The molecule has 14 heavy (non-hydrogen) atoms. The van der Waals surface area contributed by atoms with E-state index in [-0.39, 0.29) is 5.72 Å². The van der Waals surface area contributed by atoms with E-state index in [1.54, 1.807) is 0 Å². The molecule has 2 aliphatic heterocycles. The summed E-state index contributed by atoms with van der Waals surface area (Å²) >= 11 is 2.06. The minimum atomic E-state index is 0.0800. The molecule has 0 radical (unpaired) electrons. The van der Waals surface area contributed by atoms with Crippen LogP contribution in [0.15, 0.2) is 0 Å². The number of thioether (sulfide) groups is 1. The third-order valence-electron chi connectivity index (χ3n) is 3.85. The van der Waals surface area contributed by atoms with Gasteiger partial charge in [-0.1, -0.05) is 0 Å². The van der Waals surface area contributed by atoms with Crippen molar-refractivity contribution in [1.29, 1.82) is 0 Å². The van der Waals surface area contributed by atoms with E-state index in [0.29, 0.717) is 0 Å². The van der Waals surface area contributed by atoms with E-state index in [9.17, 15) is 0 Å². The van der Waals surface area contributed by atoms with Crippen LogP contribution in [0.4, 0.5) is 0 Å². The fourth-order valence-corrected chi connectivity index (χ4v) is 3.74. The first-order valence-electron chi connectivity index (χ1n) is 5.85. The Balaban J connectivity index is 1.57. The SMILES string of the molecule is C1CC2(CCS1)NCC(C1CC1)CO2. The van der Waals surface area contributed by atoms with Crippen LogP contribution in [0.5, 0.6) is 0 Å². The van der Waals surface area contributed by atoms with Crippen molar-refractivity contribution in [1.82, 2.24) is 5.32 Å². The van der Waals surface area contributed by atoms with Gasteiger partial charge in [0.1, 0.15) is 5.72 Å². The molecule has 0 bridgehead atoms. The van der Waals surface area contributed by atoms with Gasteiger partial charge in [-0.25, -0.2) is 0 Å². The Morgan fingerprint density at radius 3 is 2.50 bits per heavy atom. The van der Waals surface area contributed by atoms with Gasteiger partial charge in [0, 0.05) is 6.54 Å². The zero-order valence-corrected chi connectivity index (χ0v) is 9.44. The predicted molar refractivity (Wildman–Crippen MR) is 59.5 cm³/mol. The first-order chi connectivity index (χ1) is 6.88. The molecule has 2 nitrogen and oxygen atoms in total. The van der Waals surface area contributed by atoms with Crippen LogP contribution < -0.4 is 5.32 Å². The summed E-state index contributed by atoms with van der Waals surface area (Å²) < 4.78 is 6.10. The molecule has 3 rings (SSSR count). The highest BCUT2D eigenvalue weighted by atomic mass is 32.2. The van der Waals surface area contributed by atoms with Crippen LogP contribution in [0.1, 0.15) is 25.7 Å². The molecule has 2 saturated heterocycles. The van der Waals surface area contributed by atoms with E-state index in [2.05, 4.69) is 17.1 Å². The van der Waals surface area contributed by atoms with Crippen LogP contribution in [-0.2, 0) is 4.74 Å². The van der Waals surface area contributed by atoms with E-state index in [1.165, 1.54) is 43.7 Å². The Bertz CT molecular complexity index is 201. The second-order valence-electron chi connectivity index (χ2n) is 4.90. The molecule has 1 aliphatic carbocycles. The molecule has 3 fully saturated rings. The zero-order chi connectivity index (χ0) is 9.43. The summed E-state index contributed by atoms with van der Waals surface area (Å²) in [4.78, 5) is 0. The monoisotopic (exact) mass is 213 g/mol. The largest absolute Gasteiger partial charge is 0.360 e. The fourth-order valence-electron chi connectivity index (χ4n) is 2.59. The molecule has 0 aromatic rings. The van der Waals surface area contributed by atoms with Crippen molar-refractivity contribution in [3.05, 3.63) is 0 Å². The highest BCUT2D eigenvalue weighted by Gasteiger charge is 2.41. The second-order valence-corrected chi connectivity index (χ2v) is 6.12. The lowest BCUT2D eigenvalue weighted by Gasteiger charge is -2.43. The molecule has 80 valence electrons. The molecule has 1 saturated carbocycles. The maximum absolute atomic E-state index is 6.10. The van der Waals surface area contributed by atoms with Gasteiger partial charge in [-0.2, -0.15) is 11.8 Å². The standard InChI is InChI=1S/C11H19NOS/c1-2-9(1)10-7-12-11(13-8-10)3-5-14-6-4-11/h9-10,12H,1-8H2. The van der Waals surface area contributed by atoms with Crippen LogP contribution >= 0.6 is 11.8 Å². The minimum absolute atomic E-state index is 0.0800. The molecule has 1 spiro atoms.